The fraction of sp³-hybridized carbons (Fsp3) is 0.571. The number of rotatable bonds is 8. The molecular formula is C14H21N5O3. The van der Waals surface area contributed by atoms with E-state index in [9.17, 15) is 14.4 Å². The fourth-order valence-electron chi connectivity index (χ4n) is 2.28. The molecule has 2 heterocycles. The Hall–Kier alpha value is -2.38. The van der Waals surface area contributed by atoms with Gasteiger partial charge in [-0.3, -0.25) is 14.5 Å². The number of hydrogen-bond acceptors (Lipinski definition) is 4. The molecule has 0 aromatic carbocycles. The van der Waals surface area contributed by atoms with Crippen molar-refractivity contribution in [2.24, 2.45) is 0 Å². The summed E-state index contributed by atoms with van der Waals surface area (Å²) >= 11 is 0. The molecule has 0 aliphatic carbocycles. The fourth-order valence-corrected chi connectivity index (χ4v) is 2.28. The summed E-state index contributed by atoms with van der Waals surface area (Å²) in [5, 5.41) is 2.83. The van der Waals surface area contributed by atoms with Gasteiger partial charge in [-0.05, 0) is 12.8 Å². The maximum atomic E-state index is 11.7. The summed E-state index contributed by atoms with van der Waals surface area (Å²) in [7, 11) is 1.59. The summed E-state index contributed by atoms with van der Waals surface area (Å²) in [6, 6.07) is -0.286. The van der Waals surface area contributed by atoms with Gasteiger partial charge in [-0.15, -0.1) is 0 Å². The summed E-state index contributed by atoms with van der Waals surface area (Å²) in [6.07, 6.45) is 6.96. The van der Waals surface area contributed by atoms with Gasteiger partial charge < -0.3 is 14.8 Å². The second-order valence-corrected chi connectivity index (χ2v) is 5.29. The monoisotopic (exact) mass is 307 g/mol. The van der Waals surface area contributed by atoms with E-state index in [1.807, 2.05) is 10.8 Å². The van der Waals surface area contributed by atoms with Crippen LogP contribution in [0.3, 0.4) is 0 Å². The quantitative estimate of drug-likeness (QED) is 0.543. The molecule has 4 amide bonds. The number of imidazole rings is 1. The smallest absolute Gasteiger partial charge is 0.326 e. The molecule has 8 heteroatoms. The first-order valence-electron chi connectivity index (χ1n) is 7.36. The first kappa shape index (κ1) is 16.0. The van der Waals surface area contributed by atoms with Crippen LogP contribution in [0.25, 0.3) is 0 Å². The SMILES string of the molecule is CN1CC(=O)N(CCCC(=O)NCCCn2ccnc2)C1=O. The summed E-state index contributed by atoms with van der Waals surface area (Å²) in [4.78, 5) is 41.4. The van der Waals surface area contributed by atoms with Gasteiger partial charge in [0.05, 0.1) is 6.33 Å². The van der Waals surface area contributed by atoms with E-state index >= 15 is 0 Å². The van der Waals surface area contributed by atoms with E-state index < -0.39 is 0 Å². The predicted octanol–water partition coefficient (Wildman–Crippen LogP) is 0.0636. The maximum Gasteiger partial charge on any atom is 0.326 e. The molecule has 1 aromatic heterocycles. The molecule has 22 heavy (non-hydrogen) atoms. The van der Waals surface area contributed by atoms with Crippen molar-refractivity contribution in [2.75, 3.05) is 26.7 Å². The largest absolute Gasteiger partial charge is 0.356 e. The Morgan fingerprint density at radius 1 is 1.32 bits per heavy atom. The third-order valence-electron chi connectivity index (χ3n) is 3.49. The lowest BCUT2D eigenvalue weighted by Crippen LogP contribution is -2.33. The Labute approximate surface area is 129 Å². The van der Waals surface area contributed by atoms with Gasteiger partial charge in [-0.2, -0.15) is 0 Å². The van der Waals surface area contributed by atoms with E-state index in [1.165, 1.54) is 9.80 Å². The summed E-state index contributed by atoms with van der Waals surface area (Å²) in [5.74, 6) is -0.258. The van der Waals surface area contributed by atoms with Gasteiger partial charge in [0.1, 0.15) is 6.54 Å². The number of nitrogens with one attached hydrogen (secondary N) is 1. The number of likely N-dealkylation sites (N-methyl/N-ethyl adjacent to an activating group) is 1. The normalized spacial score (nSPS) is 14.8. The van der Waals surface area contributed by atoms with Crippen molar-refractivity contribution in [3.63, 3.8) is 0 Å². The number of carbonyl (C=O) groups is 3. The van der Waals surface area contributed by atoms with E-state index in [1.54, 1.807) is 19.6 Å². The molecule has 0 bridgehead atoms. The lowest BCUT2D eigenvalue weighted by atomic mass is 10.2. The van der Waals surface area contributed by atoms with E-state index in [4.69, 9.17) is 0 Å². The van der Waals surface area contributed by atoms with E-state index in [0.717, 1.165) is 13.0 Å². The molecule has 1 aliphatic heterocycles. The van der Waals surface area contributed by atoms with E-state index in [2.05, 4.69) is 10.3 Å². The van der Waals surface area contributed by atoms with Crippen LogP contribution >= 0.6 is 0 Å². The lowest BCUT2D eigenvalue weighted by molar-refractivity contribution is -0.126. The average molecular weight is 307 g/mol. The molecule has 1 N–H and O–H groups in total. The van der Waals surface area contributed by atoms with Gasteiger partial charge in [0, 0.05) is 45.5 Å². The van der Waals surface area contributed by atoms with Crippen molar-refractivity contribution >= 4 is 17.8 Å². The van der Waals surface area contributed by atoms with Crippen LogP contribution < -0.4 is 5.32 Å². The second kappa shape index (κ2) is 7.58. The molecule has 0 saturated carbocycles. The molecule has 2 rings (SSSR count). The van der Waals surface area contributed by atoms with E-state index in [-0.39, 0.29) is 24.4 Å². The Kier molecular flexibility index (Phi) is 5.51. The number of aromatic nitrogens is 2. The van der Waals surface area contributed by atoms with Crippen molar-refractivity contribution < 1.29 is 14.4 Å². The molecule has 1 aromatic rings. The van der Waals surface area contributed by atoms with Crippen molar-refractivity contribution in [2.45, 2.75) is 25.8 Å². The first-order valence-corrected chi connectivity index (χ1v) is 7.36. The number of carbonyl (C=O) groups excluding carboxylic acids is 3. The van der Waals surface area contributed by atoms with Gasteiger partial charge >= 0.3 is 6.03 Å². The van der Waals surface area contributed by atoms with Gasteiger partial charge in [-0.25, -0.2) is 9.78 Å². The third-order valence-corrected chi connectivity index (χ3v) is 3.49. The Balaban J connectivity index is 1.56. The number of aryl methyl sites for hydroxylation is 1. The van der Waals surface area contributed by atoms with Crippen molar-refractivity contribution in [3.05, 3.63) is 18.7 Å². The van der Waals surface area contributed by atoms with Gasteiger partial charge in [0.25, 0.3) is 0 Å². The van der Waals surface area contributed by atoms with Gasteiger partial charge in [-0.1, -0.05) is 0 Å². The standard InChI is InChI=1S/C14H21N5O3/c1-17-10-13(21)19(14(17)22)8-2-4-12(20)16-5-3-7-18-9-6-15-11-18/h6,9,11H,2-5,7-8,10H2,1H3,(H,16,20). The number of amides is 4. The van der Waals surface area contributed by atoms with Crippen LogP contribution in [0, 0.1) is 0 Å². The zero-order valence-electron chi connectivity index (χ0n) is 12.7. The van der Waals surface area contributed by atoms with Gasteiger partial charge in [0.15, 0.2) is 0 Å². The van der Waals surface area contributed by atoms with Crippen LogP contribution in [0.4, 0.5) is 4.79 Å². The van der Waals surface area contributed by atoms with Crippen LogP contribution in [0.5, 0.6) is 0 Å². The van der Waals surface area contributed by atoms with Crippen LogP contribution in [0.15, 0.2) is 18.7 Å². The number of hydrogen-bond donors (Lipinski definition) is 1. The van der Waals surface area contributed by atoms with Crippen LogP contribution in [-0.2, 0) is 16.1 Å². The van der Waals surface area contributed by atoms with Crippen molar-refractivity contribution in [3.8, 4) is 0 Å². The maximum absolute atomic E-state index is 11.7. The Morgan fingerprint density at radius 2 is 2.14 bits per heavy atom. The number of urea groups is 1. The van der Waals surface area contributed by atoms with Crippen molar-refractivity contribution in [1.82, 2.24) is 24.7 Å². The average Bonchev–Trinajstić information content (AvgIpc) is 3.07. The second-order valence-electron chi connectivity index (χ2n) is 5.29. The molecule has 1 aliphatic rings. The highest BCUT2D eigenvalue weighted by Gasteiger charge is 2.32. The highest BCUT2D eigenvalue weighted by atomic mass is 16.2. The number of nitrogens with zero attached hydrogens (tertiary/aromatic N) is 4. The Bertz CT molecular complexity index is 529. The zero-order valence-corrected chi connectivity index (χ0v) is 12.7. The predicted molar refractivity (Wildman–Crippen MR) is 78.8 cm³/mol. The first-order chi connectivity index (χ1) is 10.6. The molecule has 0 unspecified atom stereocenters. The van der Waals surface area contributed by atoms with E-state index in [0.29, 0.717) is 25.9 Å². The zero-order chi connectivity index (χ0) is 15.9. The highest BCUT2D eigenvalue weighted by molar-refractivity contribution is 6.01. The molecule has 0 atom stereocenters. The molecule has 8 nitrogen and oxygen atoms in total. The molecular weight excluding hydrogens is 286 g/mol. The minimum atomic E-state index is -0.286. The van der Waals surface area contributed by atoms with Crippen molar-refractivity contribution in [1.29, 1.82) is 0 Å². The van der Waals surface area contributed by atoms with Crippen LogP contribution in [0.2, 0.25) is 0 Å². The van der Waals surface area contributed by atoms with Gasteiger partial charge in [0.2, 0.25) is 11.8 Å². The summed E-state index contributed by atoms with van der Waals surface area (Å²) in [6.45, 7) is 1.83. The molecule has 1 saturated heterocycles. The third kappa shape index (κ3) is 4.31. The topological polar surface area (TPSA) is 87.5 Å². The highest BCUT2D eigenvalue weighted by Crippen LogP contribution is 2.08. The lowest BCUT2D eigenvalue weighted by Gasteiger charge is -2.13. The Morgan fingerprint density at radius 3 is 2.77 bits per heavy atom. The van der Waals surface area contributed by atoms with Crippen LogP contribution in [-0.4, -0.2) is 63.9 Å². The minimum Gasteiger partial charge on any atom is -0.356 e. The minimum absolute atomic E-state index is 0.0573. The summed E-state index contributed by atoms with van der Waals surface area (Å²) < 4.78 is 1.95. The molecule has 1 fully saturated rings. The summed E-state index contributed by atoms with van der Waals surface area (Å²) in [5.41, 5.74) is 0. The number of imide groups is 1. The molecule has 0 spiro atoms. The molecule has 0 radical (unpaired) electrons. The van der Waals surface area contributed by atoms with Crippen LogP contribution in [0.1, 0.15) is 19.3 Å². The molecule has 120 valence electrons.